The molecule has 0 aromatic heterocycles. The highest BCUT2D eigenvalue weighted by atomic mass is 19.1. The van der Waals surface area contributed by atoms with Crippen molar-refractivity contribution in [3.63, 3.8) is 0 Å². The molecule has 7 heteroatoms. The number of hydrogen-bond acceptors (Lipinski definition) is 4. The van der Waals surface area contributed by atoms with Gasteiger partial charge in [-0.3, -0.25) is 14.5 Å². The molecule has 4 atom stereocenters. The normalized spacial score (nSPS) is 27.7. The Morgan fingerprint density at radius 3 is 2.59 bits per heavy atom. The molecule has 1 aromatic rings. The Hall–Kier alpha value is -1.99. The zero-order chi connectivity index (χ0) is 22.7. The first-order valence-electron chi connectivity index (χ1n) is 12.2. The number of carbonyl (C=O) groups is 2. The number of hydrogen-bond donors (Lipinski definition) is 0. The zero-order valence-electron chi connectivity index (χ0n) is 19.3. The van der Waals surface area contributed by atoms with E-state index in [1.807, 2.05) is 29.7 Å². The average molecular weight is 446 g/mol. The minimum absolute atomic E-state index is 0.119. The zero-order valence-corrected chi connectivity index (χ0v) is 19.3. The minimum atomic E-state index is -0.232. The van der Waals surface area contributed by atoms with Gasteiger partial charge in [0, 0.05) is 57.6 Å². The largest absolute Gasteiger partial charge is 0.376 e. The van der Waals surface area contributed by atoms with E-state index in [0.29, 0.717) is 39.1 Å². The number of nitrogens with zero attached hydrogens (tertiary/aromatic N) is 3. The number of carbonyl (C=O) groups excluding carboxylic acids is 2. The first kappa shape index (κ1) is 23.2. The van der Waals surface area contributed by atoms with Crippen molar-refractivity contribution in [2.75, 3.05) is 39.3 Å². The number of benzene rings is 1. The molecule has 0 unspecified atom stereocenters. The van der Waals surface area contributed by atoms with E-state index in [1.54, 1.807) is 12.1 Å². The summed E-state index contributed by atoms with van der Waals surface area (Å²) in [6.07, 6.45) is 2.86. The molecule has 0 spiro atoms. The van der Waals surface area contributed by atoms with Crippen LogP contribution in [0.4, 0.5) is 4.39 Å². The van der Waals surface area contributed by atoms with Gasteiger partial charge in [0.15, 0.2) is 0 Å². The number of rotatable bonds is 8. The van der Waals surface area contributed by atoms with Crippen LogP contribution in [-0.2, 0) is 20.9 Å². The Kier molecular flexibility index (Phi) is 7.46. The molecule has 0 aliphatic carbocycles. The van der Waals surface area contributed by atoms with Crippen molar-refractivity contribution >= 4 is 11.8 Å². The number of likely N-dealkylation sites (tertiary alicyclic amines) is 2. The van der Waals surface area contributed by atoms with Gasteiger partial charge < -0.3 is 14.5 Å². The molecule has 4 rings (SSSR count). The van der Waals surface area contributed by atoms with Crippen molar-refractivity contribution in [3.8, 4) is 0 Å². The number of ether oxygens (including phenoxy) is 1. The molecule has 3 fully saturated rings. The Morgan fingerprint density at radius 1 is 1.16 bits per heavy atom. The van der Waals surface area contributed by atoms with Crippen LogP contribution in [0.5, 0.6) is 0 Å². The summed E-state index contributed by atoms with van der Waals surface area (Å²) in [5.41, 5.74) is 0.929. The molecule has 0 saturated carbocycles. The van der Waals surface area contributed by atoms with Crippen molar-refractivity contribution in [2.24, 2.45) is 11.8 Å². The van der Waals surface area contributed by atoms with Gasteiger partial charge in [-0.25, -0.2) is 4.39 Å². The van der Waals surface area contributed by atoms with E-state index in [2.05, 4.69) is 4.90 Å². The van der Waals surface area contributed by atoms with E-state index in [4.69, 9.17) is 4.74 Å². The van der Waals surface area contributed by atoms with Crippen molar-refractivity contribution < 1.29 is 18.7 Å². The first-order valence-corrected chi connectivity index (χ1v) is 12.2. The predicted octanol–water partition coefficient (Wildman–Crippen LogP) is 2.91. The smallest absolute Gasteiger partial charge is 0.225 e. The van der Waals surface area contributed by atoms with Gasteiger partial charge in [0.25, 0.3) is 0 Å². The molecule has 2 amide bonds. The van der Waals surface area contributed by atoms with Crippen molar-refractivity contribution in [1.29, 1.82) is 0 Å². The molecule has 1 aromatic carbocycles. The van der Waals surface area contributed by atoms with Gasteiger partial charge in [0.05, 0.1) is 19.1 Å². The fourth-order valence-electron chi connectivity index (χ4n) is 5.86. The van der Waals surface area contributed by atoms with Gasteiger partial charge >= 0.3 is 0 Å². The molecule has 3 aliphatic rings. The van der Waals surface area contributed by atoms with Crippen molar-refractivity contribution in [2.45, 2.75) is 58.2 Å². The fraction of sp³-hybridized carbons (Fsp3) is 0.680. The van der Waals surface area contributed by atoms with E-state index in [0.717, 1.165) is 38.0 Å². The Morgan fingerprint density at radius 2 is 1.91 bits per heavy atom. The maximum absolute atomic E-state index is 13.7. The lowest BCUT2D eigenvalue weighted by Gasteiger charge is -2.26. The van der Waals surface area contributed by atoms with Gasteiger partial charge in [-0.15, -0.1) is 0 Å². The Labute approximate surface area is 190 Å². The first-order chi connectivity index (χ1) is 15.5. The van der Waals surface area contributed by atoms with Gasteiger partial charge in [-0.05, 0) is 50.3 Å². The van der Waals surface area contributed by atoms with E-state index < -0.39 is 0 Å². The lowest BCUT2D eigenvalue weighted by Crippen LogP contribution is -2.38. The van der Waals surface area contributed by atoms with Crippen LogP contribution in [0.15, 0.2) is 24.3 Å². The van der Waals surface area contributed by atoms with Crippen LogP contribution in [0.25, 0.3) is 0 Å². The third-order valence-electron chi connectivity index (χ3n) is 7.50. The molecule has 3 saturated heterocycles. The summed E-state index contributed by atoms with van der Waals surface area (Å²) in [7, 11) is 0. The van der Waals surface area contributed by atoms with Crippen LogP contribution in [0.1, 0.15) is 45.1 Å². The molecule has 3 heterocycles. The molecule has 6 nitrogen and oxygen atoms in total. The highest BCUT2D eigenvalue weighted by molar-refractivity contribution is 5.77. The molecule has 0 N–H and O–H groups in total. The minimum Gasteiger partial charge on any atom is -0.376 e. The standard InChI is InChI=1S/C25H36FN3O3/c1-3-27(4-2)24(31)14-22-25-19(13-23(30)28-10-5-6-11-28)16-29(21(25)17-32-22)15-18-8-7-9-20(26)12-18/h7-9,12,19,21-22,25H,3-6,10-11,13-17H2,1-2H3/t19-,21-,22+,25-/m1/s1. The second kappa shape index (κ2) is 10.3. The fourth-order valence-corrected chi connectivity index (χ4v) is 5.86. The summed E-state index contributed by atoms with van der Waals surface area (Å²) in [5.74, 6) is 0.408. The maximum Gasteiger partial charge on any atom is 0.225 e. The van der Waals surface area contributed by atoms with Gasteiger partial charge in [-0.2, -0.15) is 0 Å². The predicted molar refractivity (Wildman–Crippen MR) is 120 cm³/mol. The number of amides is 2. The second-order valence-corrected chi connectivity index (χ2v) is 9.40. The van der Waals surface area contributed by atoms with Crippen LogP contribution >= 0.6 is 0 Å². The van der Waals surface area contributed by atoms with Gasteiger partial charge in [0.1, 0.15) is 5.82 Å². The highest BCUT2D eigenvalue weighted by Gasteiger charge is 2.51. The van der Waals surface area contributed by atoms with E-state index in [1.165, 1.54) is 6.07 Å². The quantitative estimate of drug-likeness (QED) is 0.618. The Bertz CT molecular complexity index is 809. The maximum atomic E-state index is 13.7. The molecular formula is C25H36FN3O3. The van der Waals surface area contributed by atoms with Crippen LogP contribution < -0.4 is 0 Å². The molecular weight excluding hydrogens is 409 g/mol. The van der Waals surface area contributed by atoms with E-state index in [-0.39, 0.29) is 41.6 Å². The van der Waals surface area contributed by atoms with Gasteiger partial charge in [0.2, 0.25) is 11.8 Å². The van der Waals surface area contributed by atoms with Gasteiger partial charge in [-0.1, -0.05) is 12.1 Å². The average Bonchev–Trinajstić information content (AvgIpc) is 3.50. The molecule has 32 heavy (non-hydrogen) atoms. The molecule has 0 bridgehead atoms. The Balaban J connectivity index is 1.50. The third kappa shape index (κ3) is 4.99. The third-order valence-corrected chi connectivity index (χ3v) is 7.50. The summed E-state index contributed by atoms with van der Waals surface area (Å²) in [4.78, 5) is 32.0. The van der Waals surface area contributed by atoms with Crippen LogP contribution in [0, 0.1) is 17.7 Å². The summed E-state index contributed by atoms with van der Waals surface area (Å²) in [6, 6.07) is 6.88. The van der Waals surface area contributed by atoms with Crippen LogP contribution in [0.3, 0.4) is 0 Å². The molecule has 3 aliphatic heterocycles. The number of halogens is 1. The monoisotopic (exact) mass is 445 g/mol. The van der Waals surface area contributed by atoms with Crippen LogP contribution in [-0.4, -0.2) is 78.0 Å². The van der Waals surface area contributed by atoms with E-state index >= 15 is 0 Å². The van der Waals surface area contributed by atoms with Crippen LogP contribution in [0.2, 0.25) is 0 Å². The topological polar surface area (TPSA) is 53.1 Å². The SMILES string of the molecule is CCN(CC)C(=O)C[C@@H]1OC[C@@H]2[C@H]1[C@H](CC(=O)N1CCCC1)CN2Cc1cccc(F)c1. The van der Waals surface area contributed by atoms with Crippen molar-refractivity contribution in [1.82, 2.24) is 14.7 Å². The molecule has 176 valence electrons. The lowest BCUT2D eigenvalue weighted by atomic mass is 9.84. The van der Waals surface area contributed by atoms with Crippen molar-refractivity contribution in [3.05, 3.63) is 35.6 Å². The summed E-state index contributed by atoms with van der Waals surface area (Å²) in [5, 5.41) is 0. The summed E-state index contributed by atoms with van der Waals surface area (Å²) in [6.45, 7) is 9.06. The summed E-state index contributed by atoms with van der Waals surface area (Å²) < 4.78 is 19.9. The molecule has 0 radical (unpaired) electrons. The second-order valence-electron chi connectivity index (χ2n) is 9.40. The summed E-state index contributed by atoms with van der Waals surface area (Å²) >= 11 is 0. The number of fused-ring (bicyclic) bond motifs is 1. The van der Waals surface area contributed by atoms with E-state index in [9.17, 15) is 14.0 Å². The lowest BCUT2D eigenvalue weighted by molar-refractivity contribution is -0.134. The highest BCUT2D eigenvalue weighted by Crippen LogP contribution is 2.42.